The zero-order valence-corrected chi connectivity index (χ0v) is 12.6. The molecule has 0 radical (unpaired) electrons. The van der Waals surface area contributed by atoms with Gasteiger partial charge in [-0.2, -0.15) is 13.2 Å². The van der Waals surface area contributed by atoms with Gasteiger partial charge in [-0.05, 0) is 42.2 Å². The van der Waals surface area contributed by atoms with Crippen LogP contribution in [-0.4, -0.2) is 0 Å². The zero-order chi connectivity index (χ0) is 16.9. The van der Waals surface area contributed by atoms with Crippen molar-refractivity contribution >= 4 is 5.69 Å². The Balaban J connectivity index is 1.79. The third-order valence-corrected chi connectivity index (χ3v) is 4.93. The summed E-state index contributed by atoms with van der Waals surface area (Å²) in [6.07, 6.45) is 0.264. The maximum Gasteiger partial charge on any atom is 0.416 e. The van der Waals surface area contributed by atoms with Crippen molar-refractivity contribution in [1.29, 1.82) is 0 Å². The summed E-state index contributed by atoms with van der Waals surface area (Å²) in [5, 5.41) is 3.26. The summed E-state index contributed by atoms with van der Waals surface area (Å²) in [5.74, 6) is -0.415. The Morgan fingerprint density at radius 2 is 1.79 bits per heavy atom. The second kappa shape index (κ2) is 5.36. The van der Waals surface area contributed by atoms with Crippen LogP contribution in [0, 0.1) is 11.7 Å². The molecule has 2 aliphatic rings. The summed E-state index contributed by atoms with van der Waals surface area (Å²) < 4.78 is 53.2. The van der Waals surface area contributed by atoms with Gasteiger partial charge in [0.15, 0.2) is 0 Å². The van der Waals surface area contributed by atoms with E-state index in [-0.39, 0.29) is 23.7 Å². The molecule has 3 atom stereocenters. The van der Waals surface area contributed by atoms with Crippen LogP contribution < -0.4 is 5.32 Å². The molecule has 5 heteroatoms. The van der Waals surface area contributed by atoms with Gasteiger partial charge >= 0.3 is 6.18 Å². The van der Waals surface area contributed by atoms with Crippen LogP contribution in [0.1, 0.15) is 35.1 Å². The Morgan fingerprint density at radius 3 is 2.54 bits per heavy atom. The molecule has 1 aliphatic heterocycles. The number of alkyl halides is 3. The quantitative estimate of drug-likeness (QED) is 0.524. The van der Waals surface area contributed by atoms with Crippen LogP contribution in [0.25, 0.3) is 0 Å². The number of fused-ring (bicyclic) bond motifs is 3. The van der Waals surface area contributed by atoms with Crippen LogP contribution in [0.4, 0.5) is 23.2 Å². The van der Waals surface area contributed by atoms with Crippen LogP contribution in [0.5, 0.6) is 0 Å². The molecule has 1 N–H and O–H groups in total. The number of hydrogen-bond acceptors (Lipinski definition) is 1. The lowest BCUT2D eigenvalue weighted by atomic mass is 9.76. The van der Waals surface area contributed by atoms with E-state index in [4.69, 9.17) is 0 Å². The third kappa shape index (κ3) is 2.39. The minimum absolute atomic E-state index is 0.0119. The second-order valence-electron chi connectivity index (χ2n) is 6.30. The molecule has 0 amide bonds. The molecule has 1 aliphatic carbocycles. The normalized spacial score (nSPS) is 25.1. The Hall–Kier alpha value is -2.30. The van der Waals surface area contributed by atoms with Crippen molar-refractivity contribution < 1.29 is 17.6 Å². The highest BCUT2D eigenvalue weighted by Crippen LogP contribution is 2.51. The molecule has 0 saturated carbocycles. The molecule has 124 valence electrons. The largest absolute Gasteiger partial charge is 0.416 e. The topological polar surface area (TPSA) is 12.0 Å². The first-order valence-corrected chi connectivity index (χ1v) is 7.84. The van der Waals surface area contributed by atoms with Gasteiger partial charge in [0, 0.05) is 17.2 Å². The molecule has 0 aromatic heterocycles. The van der Waals surface area contributed by atoms with Gasteiger partial charge in [0.2, 0.25) is 0 Å². The number of hydrogen-bond donors (Lipinski definition) is 1. The van der Waals surface area contributed by atoms with E-state index < -0.39 is 11.7 Å². The number of nitrogens with one attached hydrogen (secondary N) is 1. The van der Waals surface area contributed by atoms with Crippen molar-refractivity contribution in [1.82, 2.24) is 0 Å². The molecular weight excluding hydrogens is 318 g/mol. The molecule has 1 nitrogen and oxygen atoms in total. The van der Waals surface area contributed by atoms with E-state index in [0.29, 0.717) is 23.2 Å². The number of allylic oxidation sites excluding steroid dienone is 2. The van der Waals surface area contributed by atoms with Gasteiger partial charge in [0.05, 0.1) is 11.6 Å². The van der Waals surface area contributed by atoms with Crippen LogP contribution >= 0.6 is 0 Å². The van der Waals surface area contributed by atoms with Crippen LogP contribution in [-0.2, 0) is 6.18 Å². The standard InChI is InChI=1S/C19H15F4N/c20-16-7-2-1-4-14(16)18-13-6-3-5-12(13)15-10-11(19(21,22)23)8-9-17(15)24-18/h1-5,7-10,12-13,18,24H,6H2/t12-,13-,18-/m1/s1. The predicted octanol–water partition coefficient (Wildman–Crippen LogP) is 5.67. The Morgan fingerprint density at radius 1 is 1.00 bits per heavy atom. The van der Waals surface area contributed by atoms with E-state index in [2.05, 4.69) is 5.32 Å². The molecule has 0 spiro atoms. The molecule has 1 heterocycles. The van der Waals surface area contributed by atoms with E-state index in [1.807, 2.05) is 12.2 Å². The van der Waals surface area contributed by atoms with Gasteiger partial charge in [0.25, 0.3) is 0 Å². The Labute approximate surface area is 137 Å². The maximum absolute atomic E-state index is 14.2. The summed E-state index contributed by atoms with van der Waals surface area (Å²) >= 11 is 0. The van der Waals surface area contributed by atoms with Gasteiger partial charge in [-0.15, -0.1) is 0 Å². The summed E-state index contributed by atoms with van der Waals surface area (Å²) in [4.78, 5) is 0. The first-order valence-electron chi connectivity index (χ1n) is 7.84. The van der Waals surface area contributed by atoms with Gasteiger partial charge in [-0.3, -0.25) is 0 Å². The highest BCUT2D eigenvalue weighted by molar-refractivity contribution is 5.61. The van der Waals surface area contributed by atoms with Crippen molar-refractivity contribution in [3.05, 3.63) is 77.1 Å². The smallest absolute Gasteiger partial charge is 0.378 e. The highest BCUT2D eigenvalue weighted by Gasteiger charge is 2.40. The minimum atomic E-state index is -4.37. The van der Waals surface area contributed by atoms with E-state index in [1.54, 1.807) is 18.2 Å². The number of benzene rings is 2. The molecule has 2 aromatic rings. The second-order valence-corrected chi connectivity index (χ2v) is 6.30. The molecule has 0 unspecified atom stereocenters. The fraction of sp³-hybridized carbons (Fsp3) is 0.263. The third-order valence-electron chi connectivity index (χ3n) is 4.93. The molecule has 2 aromatic carbocycles. The molecule has 24 heavy (non-hydrogen) atoms. The van der Waals surface area contributed by atoms with Crippen molar-refractivity contribution in [2.45, 2.75) is 24.6 Å². The minimum Gasteiger partial charge on any atom is -0.378 e. The van der Waals surface area contributed by atoms with Crippen molar-refractivity contribution in [2.24, 2.45) is 5.92 Å². The fourth-order valence-electron chi connectivity index (χ4n) is 3.81. The van der Waals surface area contributed by atoms with Gasteiger partial charge in [-0.25, -0.2) is 4.39 Å². The first-order chi connectivity index (χ1) is 11.4. The van der Waals surface area contributed by atoms with Crippen LogP contribution in [0.2, 0.25) is 0 Å². The Bertz CT molecular complexity index is 809. The average molecular weight is 333 g/mol. The van der Waals surface area contributed by atoms with Crippen molar-refractivity contribution in [3.8, 4) is 0 Å². The van der Waals surface area contributed by atoms with E-state index in [9.17, 15) is 17.6 Å². The number of rotatable bonds is 1. The van der Waals surface area contributed by atoms with E-state index in [1.165, 1.54) is 18.2 Å². The van der Waals surface area contributed by atoms with E-state index >= 15 is 0 Å². The molecule has 4 rings (SSSR count). The molecule has 0 bridgehead atoms. The lowest BCUT2D eigenvalue weighted by molar-refractivity contribution is -0.137. The maximum atomic E-state index is 14.2. The van der Waals surface area contributed by atoms with Gasteiger partial charge in [0.1, 0.15) is 5.82 Å². The SMILES string of the molecule is Fc1ccccc1[C@@H]1Nc2ccc(C(F)(F)F)cc2[C@@H]2C=CC[C@H]21. The summed E-state index contributed by atoms with van der Waals surface area (Å²) in [6, 6.07) is 10.0. The lowest BCUT2D eigenvalue weighted by Gasteiger charge is -2.38. The highest BCUT2D eigenvalue weighted by atomic mass is 19.4. The molecular formula is C19H15F4N. The van der Waals surface area contributed by atoms with Crippen molar-refractivity contribution in [3.63, 3.8) is 0 Å². The van der Waals surface area contributed by atoms with Gasteiger partial charge in [-0.1, -0.05) is 30.4 Å². The lowest BCUT2D eigenvalue weighted by Crippen LogP contribution is -2.30. The predicted molar refractivity (Wildman–Crippen MR) is 84.2 cm³/mol. The average Bonchev–Trinajstić information content (AvgIpc) is 3.03. The van der Waals surface area contributed by atoms with E-state index in [0.717, 1.165) is 6.07 Å². The summed E-state index contributed by atoms with van der Waals surface area (Å²) in [7, 11) is 0. The first kappa shape index (κ1) is 15.2. The number of halogens is 4. The fourth-order valence-corrected chi connectivity index (χ4v) is 3.81. The number of anilines is 1. The monoisotopic (exact) mass is 333 g/mol. The van der Waals surface area contributed by atoms with Crippen LogP contribution in [0.3, 0.4) is 0 Å². The van der Waals surface area contributed by atoms with Gasteiger partial charge < -0.3 is 5.32 Å². The van der Waals surface area contributed by atoms with Crippen molar-refractivity contribution in [2.75, 3.05) is 5.32 Å². The summed E-state index contributed by atoms with van der Waals surface area (Å²) in [6.45, 7) is 0. The molecule has 0 saturated heterocycles. The van der Waals surface area contributed by atoms with Crippen LogP contribution in [0.15, 0.2) is 54.6 Å². The summed E-state index contributed by atoms with van der Waals surface area (Å²) in [5.41, 5.74) is 1.19. The molecule has 0 fully saturated rings. The Kier molecular flexibility index (Phi) is 3.41. The zero-order valence-electron chi connectivity index (χ0n) is 12.6.